The molecule has 0 atom stereocenters. The minimum absolute atomic E-state index is 0.223. The average Bonchev–Trinajstić information content (AvgIpc) is 2.82. The average molecular weight is 310 g/mol. The zero-order chi connectivity index (χ0) is 17.0. The van der Waals surface area contributed by atoms with Crippen LogP contribution in [0.5, 0.6) is 0 Å². The molecular weight excluding hydrogens is 284 g/mol. The highest BCUT2D eigenvalue weighted by Crippen LogP contribution is 2.30. The number of ether oxygens (including phenoxy) is 1. The molecule has 0 radical (unpaired) electrons. The molecule has 0 saturated carbocycles. The van der Waals surface area contributed by atoms with Gasteiger partial charge in [-0.05, 0) is 40.5 Å². The highest BCUT2D eigenvalue weighted by molar-refractivity contribution is 6.02. The highest BCUT2D eigenvalue weighted by Gasteiger charge is 2.45. The Morgan fingerprint density at radius 3 is 2.27 bits per heavy atom. The van der Waals surface area contributed by atoms with Crippen LogP contribution in [0.25, 0.3) is 0 Å². The number of rotatable bonds is 6. The molecule has 0 bridgehead atoms. The van der Waals surface area contributed by atoms with Crippen molar-refractivity contribution in [3.8, 4) is 0 Å². The third-order valence-electron chi connectivity index (χ3n) is 3.54. The maximum atomic E-state index is 12.6. The second-order valence-electron chi connectivity index (χ2n) is 6.40. The van der Waals surface area contributed by atoms with Gasteiger partial charge in [-0.25, -0.2) is 0 Å². The molecular formula is C16H26N2O4. The van der Waals surface area contributed by atoms with Crippen molar-refractivity contribution in [1.29, 1.82) is 0 Å². The molecule has 1 aromatic heterocycles. The first-order valence-electron chi connectivity index (χ1n) is 7.58. The summed E-state index contributed by atoms with van der Waals surface area (Å²) in [5, 5.41) is 6.58. The van der Waals surface area contributed by atoms with Crippen molar-refractivity contribution in [2.45, 2.75) is 66.5 Å². The van der Waals surface area contributed by atoms with Gasteiger partial charge in [0.2, 0.25) is 5.91 Å². The Morgan fingerprint density at radius 1 is 1.27 bits per heavy atom. The largest absolute Gasteiger partial charge is 0.459 e. The van der Waals surface area contributed by atoms with Crippen molar-refractivity contribution in [3.05, 3.63) is 17.5 Å². The fourth-order valence-corrected chi connectivity index (χ4v) is 2.17. The number of nitrogens with one attached hydrogen (secondary N) is 1. The standard InChI is InChI=1S/C16H26N2O4/c1-7-16(8-2,14(20)21-15(4,5)6)13(19)17-10-12-9-11(3)22-18-12/h9H,7-8,10H2,1-6H3,(H,17,19). The maximum absolute atomic E-state index is 12.6. The monoisotopic (exact) mass is 310 g/mol. The van der Waals surface area contributed by atoms with E-state index >= 15 is 0 Å². The van der Waals surface area contributed by atoms with Gasteiger partial charge < -0.3 is 14.6 Å². The number of hydrogen-bond donors (Lipinski definition) is 1. The van der Waals surface area contributed by atoms with Crippen molar-refractivity contribution in [2.24, 2.45) is 5.41 Å². The van der Waals surface area contributed by atoms with Crippen LogP contribution >= 0.6 is 0 Å². The number of hydrogen-bond acceptors (Lipinski definition) is 5. The summed E-state index contributed by atoms with van der Waals surface area (Å²) in [6.07, 6.45) is 0.754. The van der Waals surface area contributed by atoms with E-state index < -0.39 is 17.0 Å². The van der Waals surface area contributed by atoms with Crippen molar-refractivity contribution < 1.29 is 18.8 Å². The summed E-state index contributed by atoms with van der Waals surface area (Å²) in [5.74, 6) is -0.153. The first-order valence-corrected chi connectivity index (χ1v) is 7.58. The Kier molecular flexibility index (Phi) is 5.74. The predicted molar refractivity (Wildman–Crippen MR) is 81.9 cm³/mol. The topological polar surface area (TPSA) is 81.4 Å². The van der Waals surface area contributed by atoms with Crippen LogP contribution in [0.15, 0.2) is 10.6 Å². The van der Waals surface area contributed by atoms with Crippen LogP contribution < -0.4 is 5.32 Å². The molecule has 0 aliphatic heterocycles. The fourth-order valence-electron chi connectivity index (χ4n) is 2.17. The van der Waals surface area contributed by atoms with Crippen LogP contribution in [0.2, 0.25) is 0 Å². The molecule has 6 heteroatoms. The molecule has 0 spiro atoms. The van der Waals surface area contributed by atoms with Gasteiger partial charge in [0.15, 0.2) is 0 Å². The number of nitrogens with zero attached hydrogens (tertiary/aromatic N) is 1. The van der Waals surface area contributed by atoms with Gasteiger partial charge in [-0.2, -0.15) is 0 Å². The Bertz CT molecular complexity index is 524. The number of aromatic nitrogens is 1. The van der Waals surface area contributed by atoms with E-state index in [-0.39, 0.29) is 12.5 Å². The molecule has 0 saturated heterocycles. The second-order valence-corrected chi connectivity index (χ2v) is 6.40. The summed E-state index contributed by atoms with van der Waals surface area (Å²) in [6.45, 7) is 11.0. The quantitative estimate of drug-likeness (QED) is 0.645. The lowest BCUT2D eigenvalue weighted by Crippen LogP contribution is -2.48. The third-order valence-corrected chi connectivity index (χ3v) is 3.54. The summed E-state index contributed by atoms with van der Waals surface area (Å²) in [4.78, 5) is 25.0. The van der Waals surface area contributed by atoms with E-state index in [4.69, 9.17) is 9.26 Å². The summed E-state index contributed by atoms with van der Waals surface area (Å²) < 4.78 is 10.4. The number of carbonyl (C=O) groups excluding carboxylic acids is 2. The first-order chi connectivity index (χ1) is 10.1. The first kappa shape index (κ1) is 18.2. The van der Waals surface area contributed by atoms with E-state index in [0.717, 1.165) is 0 Å². The number of aryl methyl sites for hydroxylation is 1. The van der Waals surface area contributed by atoms with Crippen LogP contribution in [0.3, 0.4) is 0 Å². The molecule has 0 aromatic carbocycles. The minimum Gasteiger partial charge on any atom is -0.459 e. The predicted octanol–water partition coefficient (Wildman–Crippen LogP) is 2.75. The Morgan fingerprint density at radius 2 is 1.86 bits per heavy atom. The van der Waals surface area contributed by atoms with Gasteiger partial charge >= 0.3 is 5.97 Å². The lowest BCUT2D eigenvalue weighted by Gasteiger charge is -2.31. The molecule has 6 nitrogen and oxygen atoms in total. The van der Waals surface area contributed by atoms with Crippen molar-refractivity contribution in [2.75, 3.05) is 0 Å². The van der Waals surface area contributed by atoms with Crippen LogP contribution in [0.1, 0.15) is 58.9 Å². The normalized spacial score (nSPS) is 12.1. The van der Waals surface area contributed by atoms with Gasteiger partial charge in [0.25, 0.3) is 0 Å². The third kappa shape index (κ3) is 4.32. The van der Waals surface area contributed by atoms with E-state index in [1.165, 1.54) is 0 Å². The van der Waals surface area contributed by atoms with Crippen molar-refractivity contribution in [3.63, 3.8) is 0 Å². The smallest absolute Gasteiger partial charge is 0.322 e. The van der Waals surface area contributed by atoms with Crippen LogP contribution in [0.4, 0.5) is 0 Å². The van der Waals surface area contributed by atoms with E-state index in [2.05, 4.69) is 10.5 Å². The zero-order valence-electron chi connectivity index (χ0n) is 14.3. The van der Waals surface area contributed by atoms with E-state index in [1.807, 2.05) is 13.8 Å². The second kappa shape index (κ2) is 6.94. The molecule has 0 aliphatic carbocycles. The Hall–Kier alpha value is -1.85. The molecule has 1 heterocycles. The molecule has 22 heavy (non-hydrogen) atoms. The number of carbonyl (C=O) groups is 2. The lowest BCUT2D eigenvalue weighted by molar-refractivity contribution is -0.171. The minimum atomic E-state index is -1.17. The summed E-state index contributed by atoms with van der Waals surface area (Å²) in [6, 6.07) is 1.74. The van der Waals surface area contributed by atoms with Crippen LogP contribution in [-0.2, 0) is 20.9 Å². The zero-order valence-corrected chi connectivity index (χ0v) is 14.3. The molecule has 0 aliphatic rings. The van der Waals surface area contributed by atoms with E-state index in [1.54, 1.807) is 33.8 Å². The molecule has 124 valence electrons. The van der Waals surface area contributed by atoms with E-state index in [0.29, 0.717) is 24.3 Å². The molecule has 1 aromatic rings. The fraction of sp³-hybridized carbons (Fsp3) is 0.688. The Balaban J connectivity index is 2.83. The number of esters is 1. The molecule has 1 rings (SSSR count). The summed E-state index contributed by atoms with van der Waals surface area (Å²) >= 11 is 0. The molecule has 1 amide bonds. The number of amides is 1. The maximum Gasteiger partial charge on any atom is 0.322 e. The van der Waals surface area contributed by atoms with Gasteiger partial charge in [-0.3, -0.25) is 9.59 Å². The van der Waals surface area contributed by atoms with Gasteiger partial charge in [-0.1, -0.05) is 19.0 Å². The molecule has 0 unspecified atom stereocenters. The van der Waals surface area contributed by atoms with Crippen molar-refractivity contribution in [1.82, 2.24) is 10.5 Å². The van der Waals surface area contributed by atoms with Gasteiger partial charge in [0.1, 0.15) is 22.5 Å². The lowest BCUT2D eigenvalue weighted by atomic mass is 9.81. The molecule has 0 fully saturated rings. The summed E-state index contributed by atoms with van der Waals surface area (Å²) in [5.41, 5.74) is -1.18. The van der Waals surface area contributed by atoms with Gasteiger partial charge in [0.05, 0.1) is 6.54 Å². The van der Waals surface area contributed by atoms with Gasteiger partial charge in [0, 0.05) is 6.07 Å². The SMILES string of the molecule is CCC(CC)(C(=O)NCc1cc(C)on1)C(=O)OC(C)(C)C. The van der Waals surface area contributed by atoms with Crippen molar-refractivity contribution >= 4 is 11.9 Å². The molecule has 1 N–H and O–H groups in total. The summed E-state index contributed by atoms with van der Waals surface area (Å²) in [7, 11) is 0. The van der Waals surface area contributed by atoms with Crippen LogP contribution in [-0.4, -0.2) is 22.6 Å². The van der Waals surface area contributed by atoms with E-state index in [9.17, 15) is 9.59 Å². The van der Waals surface area contributed by atoms with Gasteiger partial charge in [-0.15, -0.1) is 0 Å². The highest BCUT2D eigenvalue weighted by atomic mass is 16.6. The van der Waals surface area contributed by atoms with Crippen LogP contribution in [0, 0.1) is 12.3 Å². The Labute approximate surface area is 131 Å².